The van der Waals surface area contributed by atoms with Crippen LogP contribution in [0.2, 0.25) is 0 Å². The molecule has 0 radical (unpaired) electrons. The molecule has 3 heterocycles. The molecular formula is C19H24N6O. The molecular weight excluding hydrogens is 328 g/mol. The molecule has 0 bridgehead atoms. The van der Waals surface area contributed by atoms with Gasteiger partial charge in [0.15, 0.2) is 0 Å². The number of para-hydroxylation sites is 1. The van der Waals surface area contributed by atoms with Gasteiger partial charge in [-0.05, 0) is 38.4 Å². The van der Waals surface area contributed by atoms with Crippen LogP contribution in [-0.2, 0) is 13.6 Å². The van der Waals surface area contributed by atoms with E-state index in [0.29, 0.717) is 12.5 Å². The topological polar surface area (TPSA) is 71.7 Å². The number of rotatable bonds is 4. The highest BCUT2D eigenvalue weighted by Gasteiger charge is 2.25. The fraction of sp³-hybridized carbons (Fsp3) is 0.421. The van der Waals surface area contributed by atoms with Crippen LogP contribution in [-0.4, -0.2) is 42.5 Å². The molecule has 1 aromatic carbocycles. The lowest BCUT2D eigenvalue weighted by Gasteiger charge is -2.31. The number of benzene rings is 1. The van der Waals surface area contributed by atoms with Gasteiger partial charge in [-0.1, -0.05) is 18.2 Å². The Bertz CT molecular complexity index is 925. The zero-order valence-corrected chi connectivity index (χ0v) is 15.2. The molecule has 0 spiro atoms. The van der Waals surface area contributed by atoms with Gasteiger partial charge in [0.2, 0.25) is 0 Å². The first kappa shape index (κ1) is 16.8. The summed E-state index contributed by atoms with van der Waals surface area (Å²) in [6, 6.07) is 9.80. The molecule has 0 saturated carbocycles. The highest BCUT2D eigenvalue weighted by molar-refractivity contribution is 5.33. The van der Waals surface area contributed by atoms with Crippen LogP contribution in [0.25, 0.3) is 5.69 Å². The molecule has 136 valence electrons. The number of H-pyrrole nitrogens is 1. The normalized spacial score (nSPS) is 18.3. The van der Waals surface area contributed by atoms with Crippen LogP contribution in [0, 0.1) is 6.92 Å². The molecule has 7 heteroatoms. The van der Waals surface area contributed by atoms with Gasteiger partial charge in [0, 0.05) is 31.7 Å². The number of hydrogen-bond acceptors (Lipinski definition) is 4. The van der Waals surface area contributed by atoms with Gasteiger partial charge in [-0.25, -0.2) is 9.67 Å². The Morgan fingerprint density at radius 2 is 2.08 bits per heavy atom. The van der Waals surface area contributed by atoms with Crippen LogP contribution in [0.3, 0.4) is 0 Å². The molecule has 1 N–H and O–H groups in total. The minimum absolute atomic E-state index is 0.0676. The minimum Gasteiger partial charge on any atom is -0.298 e. The number of nitrogens with one attached hydrogen (secondary N) is 1. The maximum absolute atomic E-state index is 13.1. The zero-order valence-electron chi connectivity index (χ0n) is 15.2. The quantitative estimate of drug-likeness (QED) is 0.779. The van der Waals surface area contributed by atoms with Crippen molar-refractivity contribution in [2.45, 2.75) is 32.2 Å². The average molecular weight is 352 g/mol. The average Bonchev–Trinajstić information content (AvgIpc) is 3.27. The fourth-order valence-corrected chi connectivity index (χ4v) is 3.86. The Kier molecular flexibility index (Phi) is 4.46. The molecule has 0 aliphatic carbocycles. The third kappa shape index (κ3) is 2.99. The fourth-order valence-electron chi connectivity index (χ4n) is 3.86. The van der Waals surface area contributed by atoms with Crippen molar-refractivity contribution < 1.29 is 0 Å². The molecule has 2 aromatic heterocycles. The lowest BCUT2D eigenvalue weighted by atomic mass is 9.97. The molecule has 1 fully saturated rings. The summed E-state index contributed by atoms with van der Waals surface area (Å²) in [6.45, 7) is 4.59. The number of likely N-dealkylation sites (tertiary alicyclic amines) is 1. The third-order valence-corrected chi connectivity index (χ3v) is 5.38. The molecule has 1 saturated heterocycles. The third-order valence-electron chi connectivity index (χ3n) is 5.38. The van der Waals surface area contributed by atoms with Crippen LogP contribution in [0.4, 0.5) is 0 Å². The smallest absolute Gasteiger partial charge is 0.276 e. The second-order valence-electron chi connectivity index (χ2n) is 6.99. The van der Waals surface area contributed by atoms with Crippen LogP contribution >= 0.6 is 0 Å². The molecule has 1 atom stereocenters. The van der Waals surface area contributed by atoms with Gasteiger partial charge in [0.05, 0.1) is 11.3 Å². The van der Waals surface area contributed by atoms with Crippen molar-refractivity contribution in [3.05, 3.63) is 64.1 Å². The van der Waals surface area contributed by atoms with Gasteiger partial charge in [-0.3, -0.25) is 19.5 Å². The SMILES string of the molecule is Cc1c(CN2CCCC(c3ncn[nH]3)C2)c(=O)n(-c2ccccc2)n1C. The summed E-state index contributed by atoms with van der Waals surface area (Å²) in [7, 11) is 1.95. The van der Waals surface area contributed by atoms with E-state index in [0.717, 1.165) is 48.7 Å². The Hall–Kier alpha value is -2.67. The number of piperidine rings is 1. The van der Waals surface area contributed by atoms with Gasteiger partial charge >= 0.3 is 0 Å². The first-order valence-electron chi connectivity index (χ1n) is 9.05. The molecule has 1 unspecified atom stereocenters. The van der Waals surface area contributed by atoms with Crippen molar-refractivity contribution in [3.8, 4) is 5.69 Å². The summed E-state index contributed by atoms with van der Waals surface area (Å²) in [6.07, 6.45) is 3.77. The molecule has 1 aliphatic heterocycles. The number of nitrogens with zero attached hydrogens (tertiary/aromatic N) is 5. The summed E-state index contributed by atoms with van der Waals surface area (Å²) in [5.41, 5.74) is 2.85. The van der Waals surface area contributed by atoms with Crippen molar-refractivity contribution in [2.24, 2.45) is 7.05 Å². The second kappa shape index (κ2) is 6.92. The molecule has 1 aliphatic rings. The largest absolute Gasteiger partial charge is 0.298 e. The van der Waals surface area contributed by atoms with E-state index in [1.54, 1.807) is 11.0 Å². The zero-order chi connectivity index (χ0) is 18.1. The van der Waals surface area contributed by atoms with Gasteiger partial charge in [0.1, 0.15) is 12.2 Å². The number of hydrogen-bond donors (Lipinski definition) is 1. The predicted molar refractivity (Wildman–Crippen MR) is 99.4 cm³/mol. The van der Waals surface area contributed by atoms with Gasteiger partial charge in [-0.2, -0.15) is 5.10 Å². The monoisotopic (exact) mass is 352 g/mol. The van der Waals surface area contributed by atoms with Gasteiger partial charge in [0.25, 0.3) is 5.56 Å². The van der Waals surface area contributed by atoms with E-state index >= 15 is 0 Å². The number of aromatic amines is 1. The highest BCUT2D eigenvalue weighted by Crippen LogP contribution is 2.25. The lowest BCUT2D eigenvalue weighted by molar-refractivity contribution is 0.196. The maximum Gasteiger partial charge on any atom is 0.276 e. The Balaban J connectivity index is 1.60. The van der Waals surface area contributed by atoms with E-state index in [1.165, 1.54) is 0 Å². The van der Waals surface area contributed by atoms with Crippen LogP contribution in [0.15, 0.2) is 41.5 Å². The van der Waals surface area contributed by atoms with Crippen molar-refractivity contribution in [2.75, 3.05) is 13.1 Å². The van der Waals surface area contributed by atoms with Gasteiger partial charge < -0.3 is 0 Å². The van der Waals surface area contributed by atoms with E-state index < -0.39 is 0 Å². The molecule has 0 amide bonds. The predicted octanol–water partition coefficient (Wildman–Crippen LogP) is 1.98. The van der Waals surface area contributed by atoms with Crippen LogP contribution < -0.4 is 5.56 Å². The van der Waals surface area contributed by atoms with Crippen LogP contribution in [0.5, 0.6) is 0 Å². The summed E-state index contributed by atoms with van der Waals surface area (Å²) < 4.78 is 3.70. The van der Waals surface area contributed by atoms with Crippen molar-refractivity contribution in [3.63, 3.8) is 0 Å². The summed E-state index contributed by atoms with van der Waals surface area (Å²) >= 11 is 0. The molecule has 7 nitrogen and oxygen atoms in total. The van der Waals surface area contributed by atoms with Crippen molar-refractivity contribution in [1.82, 2.24) is 29.4 Å². The Morgan fingerprint density at radius 3 is 2.81 bits per heavy atom. The Morgan fingerprint density at radius 1 is 1.27 bits per heavy atom. The molecule has 26 heavy (non-hydrogen) atoms. The van der Waals surface area contributed by atoms with Crippen molar-refractivity contribution in [1.29, 1.82) is 0 Å². The van der Waals surface area contributed by atoms with E-state index in [4.69, 9.17) is 0 Å². The number of aromatic nitrogens is 5. The highest BCUT2D eigenvalue weighted by atomic mass is 16.1. The molecule has 4 rings (SSSR count). The van der Waals surface area contributed by atoms with Crippen molar-refractivity contribution >= 4 is 0 Å². The summed E-state index contributed by atoms with van der Waals surface area (Å²) in [5, 5.41) is 6.96. The van der Waals surface area contributed by atoms with E-state index in [-0.39, 0.29) is 5.56 Å². The summed E-state index contributed by atoms with van der Waals surface area (Å²) in [5.74, 6) is 1.30. The Labute approximate surface area is 152 Å². The van der Waals surface area contributed by atoms with Crippen LogP contribution in [0.1, 0.15) is 35.8 Å². The first-order valence-corrected chi connectivity index (χ1v) is 9.05. The lowest BCUT2D eigenvalue weighted by Crippen LogP contribution is -2.36. The van der Waals surface area contributed by atoms with E-state index in [2.05, 4.69) is 20.1 Å². The standard InChI is InChI=1S/C19H24N6O/c1-14-17(19(26)25(23(14)2)16-8-4-3-5-9-16)12-24-10-6-7-15(11-24)18-20-13-21-22-18/h3-5,8-9,13,15H,6-7,10-12H2,1-2H3,(H,20,21,22). The van der Waals surface area contributed by atoms with Gasteiger partial charge in [-0.15, -0.1) is 0 Å². The second-order valence-corrected chi connectivity index (χ2v) is 6.99. The minimum atomic E-state index is 0.0676. The summed E-state index contributed by atoms with van der Waals surface area (Å²) in [4.78, 5) is 19.7. The first-order chi connectivity index (χ1) is 12.6. The maximum atomic E-state index is 13.1. The molecule has 3 aromatic rings. The van der Waals surface area contributed by atoms with E-state index in [9.17, 15) is 4.79 Å². The van der Waals surface area contributed by atoms with E-state index in [1.807, 2.05) is 49.0 Å².